The van der Waals surface area contributed by atoms with Crippen LogP contribution in [0.25, 0.3) is 0 Å². The first-order valence-corrected chi connectivity index (χ1v) is 12.8. The van der Waals surface area contributed by atoms with Gasteiger partial charge < -0.3 is 19.7 Å². The van der Waals surface area contributed by atoms with Crippen LogP contribution < -0.4 is 14.8 Å². The van der Waals surface area contributed by atoms with Crippen molar-refractivity contribution in [1.29, 1.82) is 0 Å². The van der Waals surface area contributed by atoms with Crippen molar-refractivity contribution in [2.75, 3.05) is 13.7 Å². The van der Waals surface area contributed by atoms with Crippen molar-refractivity contribution in [2.45, 2.75) is 59.2 Å². The third kappa shape index (κ3) is 8.10. The predicted molar refractivity (Wildman–Crippen MR) is 147 cm³/mol. The van der Waals surface area contributed by atoms with Crippen LogP contribution >= 0.6 is 0 Å². The van der Waals surface area contributed by atoms with E-state index < -0.39 is 6.04 Å². The smallest absolute Gasteiger partial charge is 0.261 e. The summed E-state index contributed by atoms with van der Waals surface area (Å²) in [5.41, 5.74) is 3.85. The summed E-state index contributed by atoms with van der Waals surface area (Å²) in [5, 5.41) is 3.09. The Morgan fingerprint density at radius 3 is 2.38 bits per heavy atom. The number of methoxy groups -OCH3 is 1. The van der Waals surface area contributed by atoms with Gasteiger partial charge in [-0.3, -0.25) is 9.59 Å². The number of nitrogens with one attached hydrogen (secondary N) is 1. The third-order valence-corrected chi connectivity index (χ3v) is 6.45. The molecule has 0 spiro atoms. The van der Waals surface area contributed by atoms with E-state index in [1.165, 1.54) is 0 Å². The van der Waals surface area contributed by atoms with Crippen molar-refractivity contribution in [2.24, 2.45) is 0 Å². The van der Waals surface area contributed by atoms with Gasteiger partial charge in [-0.15, -0.1) is 0 Å². The van der Waals surface area contributed by atoms with Gasteiger partial charge in [0.1, 0.15) is 17.5 Å². The van der Waals surface area contributed by atoms with Crippen LogP contribution in [0.2, 0.25) is 0 Å². The molecule has 37 heavy (non-hydrogen) atoms. The number of hydrogen-bond acceptors (Lipinski definition) is 4. The van der Waals surface area contributed by atoms with Crippen LogP contribution in [-0.2, 0) is 22.6 Å². The third-order valence-electron chi connectivity index (χ3n) is 6.45. The topological polar surface area (TPSA) is 67.9 Å². The molecule has 0 aliphatic heterocycles. The molecule has 1 N–H and O–H groups in total. The number of nitrogens with zero attached hydrogens (tertiary/aromatic N) is 1. The van der Waals surface area contributed by atoms with Gasteiger partial charge in [-0.05, 0) is 67.6 Å². The summed E-state index contributed by atoms with van der Waals surface area (Å²) in [6.07, 6.45) is 1.19. The highest BCUT2D eigenvalue weighted by Crippen LogP contribution is 2.21. The van der Waals surface area contributed by atoms with E-state index in [0.29, 0.717) is 17.9 Å². The molecule has 0 saturated heterocycles. The number of ether oxygens (including phenoxy) is 2. The van der Waals surface area contributed by atoms with Crippen LogP contribution in [0.3, 0.4) is 0 Å². The van der Waals surface area contributed by atoms with E-state index in [-0.39, 0.29) is 31.0 Å². The summed E-state index contributed by atoms with van der Waals surface area (Å²) in [6.45, 7) is 8.00. The van der Waals surface area contributed by atoms with Crippen LogP contribution in [0, 0.1) is 13.8 Å². The molecule has 2 amide bonds. The lowest BCUT2D eigenvalue weighted by atomic mass is 10.0. The maximum atomic E-state index is 13.8. The lowest BCUT2D eigenvalue weighted by molar-refractivity contribution is -0.143. The number of benzene rings is 3. The summed E-state index contributed by atoms with van der Waals surface area (Å²) in [7, 11) is 1.61. The first kappa shape index (κ1) is 27.8. The Kier molecular flexibility index (Phi) is 10.1. The van der Waals surface area contributed by atoms with Gasteiger partial charge in [0.2, 0.25) is 5.91 Å². The summed E-state index contributed by atoms with van der Waals surface area (Å²) in [6, 6.07) is 22.5. The Morgan fingerprint density at radius 1 is 0.946 bits per heavy atom. The first-order chi connectivity index (χ1) is 17.8. The van der Waals surface area contributed by atoms with Gasteiger partial charge in [0.05, 0.1) is 7.11 Å². The molecule has 0 bridgehead atoms. The van der Waals surface area contributed by atoms with Gasteiger partial charge >= 0.3 is 0 Å². The molecule has 0 heterocycles. The van der Waals surface area contributed by atoms with Crippen molar-refractivity contribution in [3.63, 3.8) is 0 Å². The number of aryl methyl sites for hydroxylation is 2. The van der Waals surface area contributed by atoms with Crippen molar-refractivity contribution in [1.82, 2.24) is 10.2 Å². The molecule has 3 aromatic rings. The van der Waals surface area contributed by atoms with E-state index in [4.69, 9.17) is 9.47 Å². The number of rotatable bonds is 12. The van der Waals surface area contributed by atoms with Gasteiger partial charge in [0.15, 0.2) is 6.61 Å². The SMILES string of the molecule is CC[C@@H](C)NC(=O)[C@@H](Cc1ccccc1)N(Cc1cccc(OC)c1)C(=O)COc1cc(C)ccc1C. The van der Waals surface area contributed by atoms with Crippen molar-refractivity contribution < 1.29 is 19.1 Å². The molecular weight excluding hydrogens is 464 g/mol. The lowest BCUT2D eigenvalue weighted by Gasteiger charge is -2.32. The van der Waals surface area contributed by atoms with E-state index in [1.54, 1.807) is 12.0 Å². The maximum absolute atomic E-state index is 13.8. The number of carbonyl (C=O) groups is 2. The van der Waals surface area contributed by atoms with E-state index in [9.17, 15) is 9.59 Å². The Bertz CT molecular complexity index is 1180. The molecule has 196 valence electrons. The van der Waals surface area contributed by atoms with Gasteiger partial charge in [-0.2, -0.15) is 0 Å². The van der Waals surface area contributed by atoms with Gasteiger partial charge in [0, 0.05) is 19.0 Å². The Morgan fingerprint density at radius 2 is 1.68 bits per heavy atom. The predicted octanol–water partition coefficient (Wildman–Crippen LogP) is 5.25. The molecular formula is C31H38N2O4. The molecule has 6 nitrogen and oxygen atoms in total. The maximum Gasteiger partial charge on any atom is 0.261 e. The second-order valence-electron chi connectivity index (χ2n) is 9.45. The highest BCUT2D eigenvalue weighted by atomic mass is 16.5. The molecule has 3 aromatic carbocycles. The fraction of sp³-hybridized carbons (Fsp3) is 0.355. The van der Waals surface area contributed by atoms with Crippen LogP contribution in [0.5, 0.6) is 11.5 Å². The summed E-state index contributed by atoms with van der Waals surface area (Å²) in [4.78, 5) is 29.0. The largest absolute Gasteiger partial charge is 0.497 e. The first-order valence-electron chi connectivity index (χ1n) is 12.8. The minimum atomic E-state index is -0.711. The van der Waals surface area contributed by atoms with Gasteiger partial charge in [-0.25, -0.2) is 0 Å². The molecule has 2 atom stereocenters. The van der Waals surface area contributed by atoms with Gasteiger partial charge in [0.25, 0.3) is 5.91 Å². The monoisotopic (exact) mass is 502 g/mol. The van der Waals surface area contributed by atoms with E-state index in [2.05, 4.69) is 5.32 Å². The molecule has 0 fully saturated rings. The highest BCUT2D eigenvalue weighted by molar-refractivity contribution is 5.88. The minimum absolute atomic E-state index is 0.00858. The standard InChI is InChI=1S/C31H38N2O4/c1-6-24(4)32-31(35)28(19-25-11-8-7-9-12-25)33(20-26-13-10-14-27(18-26)36-5)30(34)21-37-29-17-22(2)15-16-23(29)3/h7-18,24,28H,6,19-21H2,1-5H3,(H,32,35)/t24-,28-/m1/s1. The van der Waals surface area contributed by atoms with E-state index in [0.717, 1.165) is 28.7 Å². The van der Waals surface area contributed by atoms with Crippen LogP contribution in [0.15, 0.2) is 72.8 Å². The Labute approximate surface area is 220 Å². The van der Waals surface area contributed by atoms with Crippen molar-refractivity contribution in [3.8, 4) is 11.5 Å². The number of hydrogen-bond donors (Lipinski definition) is 1. The molecule has 0 aliphatic carbocycles. The molecule has 0 saturated carbocycles. The van der Waals surface area contributed by atoms with Crippen LogP contribution in [0.1, 0.15) is 42.5 Å². The zero-order valence-electron chi connectivity index (χ0n) is 22.5. The van der Waals surface area contributed by atoms with E-state index >= 15 is 0 Å². The number of carbonyl (C=O) groups excluding carboxylic acids is 2. The summed E-state index contributed by atoms with van der Waals surface area (Å²) >= 11 is 0. The van der Waals surface area contributed by atoms with Gasteiger partial charge in [-0.1, -0.05) is 61.5 Å². The lowest BCUT2D eigenvalue weighted by Crippen LogP contribution is -2.53. The second kappa shape index (κ2) is 13.5. The average Bonchev–Trinajstić information content (AvgIpc) is 2.91. The molecule has 3 rings (SSSR count). The van der Waals surface area contributed by atoms with E-state index in [1.807, 2.05) is 100 Å². The molecule has 0 unspecified atom stereocenters. The van der Waals surface area contributed by atoms with Crippen molar-refractivity contribution >= 4 is 11.8 Å². The summed E-state index contributed by atoms with van der Waals surface area (Å²) < 4.78 is 11.4. The van der Waals surface area contributed by atoms with Crippen LogP contribution in [0.4, 0.5) is 0 Å². The second-order valence-corrected chi connectivity index (χ2v) is 9.45. The summed E-state index contributed by atoms with van der Waals surface area (Å²) in [5.74, 6) is 0.920. The highest BCUT2D eigenvalue weighted by Gasteiger charge is 2.31. The Balaban J connectivity index is 1.95. The Hall–Kier alpha value is -3.80. The fourth-order valence-corrected chi connectivity index (χ4v) is 4.05. The minimum Gasteiger partial charge on any atom is -0.497 e. The fourth-order valence-electron chi connectivity index (χ4n) is 4.05. The zero-order valence-corrected chi connectivity index (χ0v) is 22.5. The molecule has 0 aliphatic rings. The van der Waals surface area contributed by atoms with Crippen LogP contribution in [-0.4, -0.2) is 42.5 Å². The zero-order chi connectivity index (χ0) is 26.8. The average molecular weight is 503 g/mol. The molecule has 0 radical (unpaired) electrons. The van der Waals surface area contributed by atoms with Crippen molar-refractivity contribution in [3.05, 3.63) is 95.1 Å². The molecule has 0 aromatic heterocycles. The molecule has 6 heteroatoms. The quantitative estimate of drug-likeness (QED) is 0.368. The number of amides is 2. The normalized spacial score (nSPS) is 12.4.